The number of aryl methyl sites for hydroxylation is 1. The van der Waals surface area contributed by atoms with Crippen LogP contribution in [0.1, 0.15) is 26.6 Å². The molecule has 0 aromatic carbocycles. The summed E-state index contributed by atoms with van der Waals surface area (Å²) in [5.41, 5.74) is 2.46. The molecular formula is C12H22N6O. The van der Waals surface area contributed by atoms with Gasteiger partial charge in [-0.15, -0.1) is 0 Å². The highest BCUT2D eigenvalue weighted by Crippen LogP contribution is 2.11. The van der Waals surface area contributed by atoms with Crippen LogP contribution < -0.4 is 21.9 Å². The van der Waals surface area contributed by atoms with E-state index < -0.39 is 0 Å². The Hall–Kier alpha value is -1.89. The minimum atomic E-state index is -0.376. The van der Waals surface area contributed by atoms with Crippen molar-refractivity contribution in [2.24, 2.45) is 11.8 Å². The highest BCUT2D eigenvalue weighted by atomic mass is 16.2. The second kappa shape index (κ2) is 6.89. The number of carbonyl (C=O) groups is 1. The molecule has 0 radical (unpaired) electrons. The molecular weight excluding hydrogens is 244 g/mol. The van der Waals surface area contributed by atoms with E-state index in [2.05, 4.69) is 26.0 Å². The molecule has 1 heterocycles. The second-order valence-corrected chi connectivity index (χ2v) is 4.84. The lowest BCUT2D eigenvalue weighted by atomic mass is 10.2. The number of carbonyl (C=O) groups excluding carboxylic acids is 1. The number of amides is 1. The standard InChI is InChI=1S/C12H22N6O/c1-7(2)6-14-12(19)8(3)15-10-5-11(18-13)17-9(4)16-10/h5,7-8H,6,13H2,1-4H3,(H,14,19)(H2,15,16,17,18). The lowest BCUT2D eigenvalue weighted by molar-refractivity contribution is -0.121. The van der Waals surface area contributed by atoms with E-state index in [-0.39, 0.29) is 11.9 Å². The Labute approximate surface area is 113 Å². The Morgan fingerprint density at radius 3 is 2.53 bits per heavy atom. The van der Waals surface area contributed by atoms with Gasteiger partial charge in [-0.3, -0.25) is 4.79 Å². The van der Waals surface area contributed by atoms with Gasteiger partial charge in [-0.25, -0.2) is 15.8 Å². The predicted octanol–water partition coefficient (Wildman–Crippen LogP) is 0.643. The number of hydrogen-bond donors (Lipinski definition) is 4. The number of anilines is 2. The van der Waals surface area contributed by atoms with Crippen LogP contribution in [-0.2, 0) is 4.79 Å². The van der Waals surface area contributed by atoms with Crippen LogP contribution in [0.4, 0.5) is 11.6 Å². The second-order valence-electron chi connectivity index (χ2n) is 4.84. The van der Waals surface area contributed by atoms with Crippen molar-refractivity contribution in [3.63, 3.8) is 0 Å². The average molecular weight is 266 g/mol. The van der Waals surface area contributed by atoms with E-state index in [1.807, 2.05) is 13.8 Å². The first-order valence-corrected chi connectivity index (χ1v) is 6.29. The zero-order valence-corrected chi connectivity index (χ0v) is 11.8. The topological polar surface area (TPSA) is 105 Å². The first kappa shape index (κ1) is 15.2. The summed E-state index contributed by atoms with van der Waals surface area (Å²) in [5, 5.41) is 5.88. The molecule has 0 aliphatic rings. The molecule has 0 aliphatic carbocycles. The van der Waals surface area contributed by atoms with Crippen LogP contribution in [0.15, 0.2) is 6.07 Å². The molecule has 0 spiro atoms. The maximum absolute atomic E-state index is 11.8. The van der Waals surface area contributed by atoms with Gasteiger partial charge in [0.15, 0.2) is 0 Å². The van der Waals surface area contributed by atoms with Gasteiger partial charge in [0.25, 0.3) is 0 Å². The Morgan fingerprint density at radius 1 is 1.32 bits per heavy atom. The number of nitrogens with zero attached hydrogens (tertiary/aromatic N) is 2. The normalized spacial score (nSPS) is 12.1. The van der Waals surface area contributed by atoms with Crippen LogP contribution in [0.5, 0.6) is 0 Å². The van der Waals surface area contributed by atoms with Gasteiger partial charge in [-0.1, -0.05) is 13.8 Å². The van der Waals surface area contributed by atoms with Crippen LogP contribution in [0.3, 0.4) is 0 Å². The number of nitrogens with one attached hydrogen (secondary N) is 3. The first-order valence-electron chi connectivity index (χ1n) is 6.29. The molecule has 106 valence electrons. The molecule has 0 bridgehead atoms. The molecule has 0 aliphatic heterocycles. The summed E-state index contributed by atoms with van der Waals surface area (Å²) in [4.78, 5) is 20.1. The zero-order chi connectivity index (χ0) is 14.4. The van der Waals surface area contributed by atoms with Crippen molar-refractivity contribution in [1.82, 2.24) is 15.3 Å². The van der Waals surface area contributed by atoms with Crippen LogP contribution in [0.25, 0.3) is 0 Å². The van der Waals surface area contributed by atoms with Gasteiger partial charge < -0.3 is 16.1 Å². The van der Waals surface area contributed by atoms with Gasteiger partial charge in [0, 0.05) is 12.6 Å². The predicted molar refractivity (Wildman–Crippen MR) is 75.5 cm³/mol. The molecule has 1 rings (SSSR count). The van der Waals surface area contributed by atoms with E-state index in [9.17, 15) is 4.79 Å². The van der Waals surface area contributed by atoms with Gasteiger partial charge >= 0.3 is 0 Å². The molecule has 0 fully saturated rings. The summed E-state index contributed by atoms with van der Waals surface area (Å²) in [6, 6.07) is 1.28. The molecule has 1 aromatic heterocycles. The van der Waals surface area contributed by atoms with Gasteiger partial charge in [0.1, 0.15) is 23.5 Å². The Morgan fingerprint density at radius 2 is 1.95 bits per heavy atom. The summed E-state index contributed by atoms with van der Waals surface area (Å²) >= 11 is 0. The number of aromatic nitrogens is 2. The molecule has 7 nitrogen and oxygen atoms in total. The maximum atomic E-state index is 11.8. The third-order valence-electron chi connectivity index (χ3n) is 2.43. The molecule has 1 unspecified atom stereocenters. The SMILES string of the molecule is Cc1nc(NN)cc(NC(C)C(=O)NCC(C)C)n1. The fraction of sp³-hybridized carbons (Fsp3) is 0.583. The summed E-state index contributed by atoms with van der Waals surface area (Å²) < 4.78 is 0. The highest BCUT2D eigenvalue weighted by molar-refractivity contribution is 5.83. The largest absolute Gasteiger partial charge is 0.358 e. The molecule has 0 saturated heterocycles. The van der Waals surface area contributed by atoms with E-state index in [0.717, 1.165) is 0 Å². The van der Waals surface area contributed by atoms with E-state index >= 15 is 0 Å². The van der Waals surface area contributed by atoms with Crippen LogP contribution in [0.2, 0.25) is 0 Å². The van der Waals surface area contributed by atoms with Crippen molar-refractivity contribution in [3.05, 3.63) is 11.9 Å². The van der Waals surface area contributed by atoms with Crippen molar-refractivity contribution in [1.29, 1.82) is 0 Å². The fourth-order valence-corrected chi connectivity index (χ4v) is 1.46. The molecule has 1 amide bonds. The van der Waals surface area contributed by atoms with Crippen LogP contribution in [0, 0.1) is 12.8 Å². The Bertz CT molecular complexity index is 434. The third kappa shape index (κ3) is 5.09. The lowest BCUT2D eigenvalue weighted by Gasteiger charge is -2.16. The quantitative estimate of drug-likeness (QED) is 0.445. The fourth-order valence-electron chi connectivity index (χ4n) is 1.46. The van der Waals surface area contributed by atoms with Crippen molar-refractivity contribution in [2.75, 3.05) is 17.3 Å². The van der Waals surface area contributed by atoms with E-state index in [4.69, 9.17) is 5.84 Å². The molecule has 1 atom stereocenters. The smallest absolute Gasteiger partial charge is 0.242 e. The third-order valence-corrected chi connectivity index (χ3v) is 2.43. The molecule has 0 saturated carbocycles. The van der Waals surface area contributed by atoms with Gasteiger partial charge in [0.2, 0.25) is 5.91 Å². The van der Waals surface area contributed by atoms with Crippen LogP contribution in [-0.4, -0.2) is 28.5 Å². The first-order chi connectivity index (χ1) is 8.92. The average Bonchev–Trinajstić information content (AvgIpc) is 2.34. The summed E-state index contributed by atoms with van der Waals surface area (Å²) in [6.45, 7) is 8.29. The van der Waals surface area contributed by atoms with E-state index in [1.54, 1.807) is 19.9 Å². The monoisotopic (exact) mass is 266 g/mol. The highest BCUT2D eigenvalue weighted by Gasteiger charge is 2.13. The Balaban J connectivity index is 2.63. The van der Waals surface area contributed by atoms with Gasteiger partial charge in [-0.2, -0.15) is 0 Å². The summed E-state index contributed by atoms with van der Waals surface area (Å²) in [6.07, 6.45) is 0. The zero-order valence-electron chi connectivity index (χ0n) is 11.8. The van der Waals surface area contributed by atoms with Gasteiger partial charge in [0.05, 0.1) is 0 Å². The summed E-state index contributed by atoms with van der Waals surface area (Å²) in [7, 11) is 0. The van der Waals surface area contributed by atoms with E-state index in [0.29, 0.717) is 29.9 Å². The van der Waals surface area contributed by atoms with Crippen molar-refractivity contribution < 1.29 is 4.79 Å². The van der Waals surface area contributed by atoms with Crippen LogP contribution >= 0.6 is 0 Å². The minimum absolute atomic E-state index is 0.0628. The number of rotatable bonds is 6. The lowest BCUT2D eigenvalue weighted by Crippen LogP contribution is -2.39. The molecule has 5 N–H and O–H groups in total. The number of hydrogen-bond acceptors (Lipinski definition) is 6. The maximum Gasteiger partial charge on any atom is 0.242 e. The van der Waals surface area contributed by atoms with Crippen molar-refractivity contribution in [2.45, 2.75) is 33.7 Å². The van der Waals surface area contributed by atoms with Crippen molar-refractivity contribution >= 4 is 17.5 Å². The number of nitrogen functional groups attached to an aromatic ring is 1. The minimum Gasteiger partial charge on any atom is -0.358 e. The molecule has 7 heteroatoms. The summed E-state index contributed by atoms with van der Waals surface area (Å²) in [5.74, 6) is 7.31. The molecule has 19 heavy (non-hydrogen) atoms. The van der Waals surface area contributed by atoms with Crippen molar-refractivity contribution in [3.8, 4) is 0 Å². The number of nitrogens with two attached hydrogens (primary N) is 1. The number of hydrazine groups is 1. The van der Waals surface area contributed by atoms with Gasteiger partial charge in [-0.05, 0) is 19.8 Å². The Kier molecular flexibility index (Phi) is 5.50. The van der Waals surface area contributed by atoms with E-state index in [1.165, 1.54) is 0 Å². The molecule has 1 aromatic rings.